The number of ether oxygens (including phenoxy) is 6. The highest BCUT2D eigenvalue weighted by molar-refractivity contribution is 7.15. The molecular formula is C48H75N3O14S. The van der Waals surface area contributed by atoms with Gasteiger partial charge in [-0.1, -0.05) is 26.8 Å². The van der Waals surface area contributed by atoms with Crippen LogP contribution in [0.2, 0.25) is 0 Å². The number of methoxy groups -OCH3 is 1. The Morgan fingerprint density at radius 3 is 2.27 bits per heavy atom. The molecule has 8 unspecified atom stereocenters. The van der Waals surface area contributed by atoms with Gasteiger partial charge in [0.05, 0.1) is 64.6 Å². The predicted octanol–water partition coefficient (Wildman–Crippen LogP) is 3.25. The molecule has 5 heterocycles. The molecule has 3 saturated heterocycles. The molecule has 1 amide bonds. The summed E-state index contributed by atoms with van der Waals surface area (Å²) in [5.74, 6) is -5.92. The number of aromatic nitrogens is 1. The topological polar surface area (TPSA) is 236 Å². The molecule has 66 heavy (non-hydrogen) atoms. The summed E-state index contributed by atoms with van der Waals surface area (Å²) < 4.78 is 37.7. The molecule has 0 radical (unpaired) electrons. The molecule has 5 rings (SSSR count). The average molecular weight is 950 g/mol. The third-order valence-electron chi connectivity index (χ3n) is 14.1. The number of cyclic esters (lactones) is 1. The van der Waals surface area contributed by atoms with Gasteiger partial charge in [0, 0.05) is 61.4 Å². The van der Waals surface area contributed by atoms with E-state index in [0.29, 0.717) is 6.42 Å². The number of ketones is 1. The van der Waals surface area contributed by atoms with Gasteiger partial charge in [0.2, 0.25) is 5.91 Å². The van der Waals surface area contributed by atoms with Crippen molar-refractivity contribution in [2.45, 2.75) is 179 Å². The van der Waals surface area contributed by atoms with Crippen LogP contribution < -0.4 is 5.32 Å². The zero-order chi connectivity index (χ0) is 49.1. The van der Waals surface area contributed by atoms with Gasteiger partial charge >= 0.3 is 5.97 Å². The van der Waals surface area contributed by atoms with Crippen molar-refractivity contribution in [2.75, 3.05) is 27.7 Å². The number of carbonyl (C=O) groups excluding carboxylic acids is 3. The predicted molar refractivity (Wildman–Crippen MR) is 245 cm³/mol. The van der Waals surface area contributed by atoms with E-state index in [2.05, 4.69) is 10.3 Å². The zero-order valence-corrected chi connectivity index (χ0v) is 41.4. The van der Waals surface area contributed by atoms with Crippen molar-refractivity contribution in [3.05, 3.63) is 41.4 Å². The second kappa shape index (κ2) is 22.2. The molecule has 18 atom stereocenters. The Bertz CT molecular complexity index is 1920. The van der Waals surface area contributed by atoms with Crippen LogP contribution in [0.4, 0.5) is 0 Å². The molecule has 0 bridgehead atoms. The monoisotopic (exact) mass is 949 g/mol. The maximum absolute atomic E-state index is 14.7. The van der Waals surface area contributed by atoms with Gasteiger partial charge in [-0.05, 0) is 92.7 Å². The molecule has 0 saturated carbocycles. The molecule has 18 heteroatoms. The lowest BCUT2D eigenvalue weighted by atomic mass is 9.74. The van der Waals surface area contributed by atoms with Gasteiger partial charge in [0.15, 0.2) is 12.6 Å². The number of nitrogens with zero attached hydrogens (tertiary/aromatic N) is 2. The minimum Gasteiger partial charge on any atom is -0.459 e. The Hall–Kier alpha value is -2.98. The number of carbonyl (C=O) groups is 3. The van der Waals surface area contributed by atoms with E-state index in [1.54, 1.807) is 40.8 Å². The second-order valence-corrected chi connectivity index (χ2v) is 21.0. The molecule has 3 fully saturated rings. The molecule has 2 aromatic rings. The summed E-state index contributed by atoms with van der Waals surface area (Å²) in [6.45, 7) is 14.3. The maximum Gasteiger partial charge on any atom is 0.311 e. The highest BCUT2D eigenvalue weighted by atomic mass is 32.1. The molecular weight excluding hydrogens is 875 g/mol. The number of hydrogen-bond donors (Lipinski definition) is 6. The lowest BCUT2D eigenvalue weighted by Gasteiger charge is -2.49. The molecule has 17 nitrogen and oxygen atoms in total. The SMILES string of the molecule is COC1(C)CC(O[C@H]2[C@H](C)[C@@H](OC3OC(C)CC(N(C)C)C3O)[C@](C)(O)C[C@@H](C)C(=O)[C@H](C)[C@@H](O)[C@](C)(O)[C@@H](CCNC(=O)Cc3ccc(-c4ccccn4)s3)OC(=O)[C@@H]2C)OC(C)C1O. The van der Waals surface area contributed by atoms with Gasteiger partial charge < -0.3 is 64.2 Å². The van der Waals surface area contributed by atoms with Crippen molar-refractivity contribution in [1.82, 2.24) is 15.2 Å². The van der Waals surface area contributed by atoms with Crippen molar-refractivity contribution in [3.63, 3.8) is 0 Å². The first kappa shape index (κ1) is 54.0. The zero-order valence-electron chi connectivity index (χ0n) is 40.6. The number of amides is 1. The standard InChI is InChI=1S/C48H75N3O14S/c1-25-23-46(7,58)43(65-45-39(54)33(51(10)11)21-26(2)61-45)28(4)40(64-37-24-47(8,60-12)42(56)30(6)62-37)29(5)44(57)63-35(48(9,59)41(55)27(3)38(25)53)18-20-50-36(52)22-31-16-17-34(66-31)32-15-13-14-19-49-32/h13-17,19,25-30,33,35,37,39-43,45,54-56,58-59H,18,20-24H2,1-12H3,(H,50,52)/t25-,26?,27+,28+,29-,30?,33?,35-,37?,39?,40+,41-,42?,43-,45?,46-,47?,48-/m1/s1. The number of aliphatic hydroxyl groups is 5. The van der Waals surface area contributed by atoms with Gasteiger partial charge in [0.1, 0.15) is 29.7 Å². The largest absolute Gasteiger partial charge is 0.459 e. The molecule has 0 aliphatic carbocycles. The van der Waals surface area contributed by atoms with E-state index in [0.717, 1.165) is 15.4 Å². The highest BCUT2D eigenvalue weighted by Gasteiger charge is 2.53. The third-order valence-corrected chi connectivity index (χ3v) is 15.2. The Kier molecular flexibility index (Phi) is 18.1. The Labute approximate surface area is 393 Å². The minimum absolute atomic E-state index is 0.0387. The Morgan fingerprint density at radius 2 is 1.64 bits per heavy atom. The fraction of sp³-hybridized carbons (Fsp3) is 0.750. The number of hydrogen-bond acceptors (Lipinski definition) is 17. The number of pyridine rings is 1. The van der Waals surface area contributed by atoms with Crippen LogP contribution in [-0.2, 0) is 49.2 Å². The molecule has 0 spiro atoms. The summed E-state index contributed by atoms with van der Waals surface area (Å²) in [4.78, 5) is 50.1. The second-order valence-electron chi connectivity index (χ2n) is 19.9. The summed E-state index contributed by atoms with van der Waals surface area (Å²) in [5.41, 5.74) is -4.41. The summed E-state index contributed by atoms with van der Waals surface area (Å²) in [5, 5.41) is 62.1. The molecule has 2 aromatic heterocycles. The lowest BCUT2D eigenvalue weighted by Crippen LogP contribution is -2.61. The van der Waals surface area contributed by atoms with E-state index in [9.17, 15) is 39.9 Å². The van der Waals surface area contributed by atoms with Crippen LogP contribution in [0.3, 0.4) is 0 Å². The van der Waals surface area contributed by atoms with E-state index in [-0.39, 0.29) is 50.3 Å². The summed E-state index contributed by atoms with van der Waals surface area (Å²) in [6, 6.07) is 8.98. The number of likely N-dealkylation sites (N-methyl/N-ethyl adjacent to an activating group) is 1. The molecule has 3 aliphatic rings. The molecule has 6 N–H and O–H groups in total. The Balaban J connectivity index is 1.49. The van der Waals surface area contributed by atoms with Gasteiger partial charge in [-0.25, -0.2) is 0 Å². The fourth-order valence-corrected chi connectivity index (χ4v) is 10.9. The van der Waals surface area contributed by atoms with Gasteiger partial charge in [-0.3, -0.25) is 19.4 Å². The number of esters is 1. The number of Topliss-reactive ketones (excluding diaryl/α,β-unsaturated/α-hetero) is 1. The first-order valence-electron chi connectivity index (χ1n) is 23.1. The van der Waals surface area contributed by atoms with Gasteiger partial charge in [-0.15, -0.1) is 11.3 Å². The number of thiophene rings is 1. The third kappa shape index (κ3) is 12.4. The average Bonchev–Trinajstić information content (AvgIpc) is 3.73. The van der Waals surface area contributed by atoms with Crippen LogP contribution in [0, 0.1) is 23.7 Å². The van der Waals surface area contributed by atoms with Crippen molar-refractivity contribution in [2.24, 2.45) is 23.7 Å². The van der Waals surface area contributed by atoms with Crippen LogP contribution >= 0.6 is 11.3 Å². The van der Waals surface area contributed by atoms with E-state index in [1.807, 2.05) is 56.3 Å². The van der Waals surface area contributed by atoms with Crippen LogP contribution in [0.15, 0.2) is 36.5 Å². The summed E-state index contributed by atoms with van der Waals surface area (Å²) in [6.07, 6.45) is -9.33. The van der Waals surface area contributed by atoms with Crippen molar-refractivity contribution < 1.29 is 68.3 Å². The van der Waals surface area contributed by atoms with Crippen molar-refractivity contribution in [3.8, 4) is 10.6 Å². The number of aliphatic hydroxyl groups excluding tert-OH is 3. The van der Waals surface area contributed by atoms with E-state index in [4.69, 9.17) is 28.4 Å². The first-order valence-corrected chi connectivity index (χ1v) is 24.0. The lowest BCUT2D eigenvalue weighted by molar-refractivity contribution is -0.318. The Morgan fingerprint density at radius 1 is 0.939 bits per heavy atom. The highest BCUT2D eigenvalue weighted by Crippen LogP contribution is 2.41. The quantitative estimate of drug-likeness (QED) is 0.168. The van der Waals surface area contributed by atoms with E-state index >= 15 is 0 Å². The van der Waals surface area contributed by atoms with Crippen LogP contribution in [-0.4, -0.2) is 165 Å². The van der Waals surface area contributed by atoms with Gasteiger partial charge in [-0.2, -0.15) is 0 Å². The first-order chi connectivity index (χ1) is 30.8. The van der Waals surface area contributed by atoms with Crippen LogP contribution in [0.5, 0.6) is 0 Å². The molecule has 0 aromatic carbocycles. The summed E-state index contributed by atoms with van der Waals surface area (Å²) in [7, 11) is 5.14. The number of rotatable bonds is 12. The van der Waals surface area contributed by atoms with Crippen LogP contribution in [0.25, 0.3) is 10.6 Å². The molecule has 3 aliphatic heterocycles. The van der Waals surface area contributed by atoms with Crippen molar-refractivity contribution >= 4 is 29.0 Å². The molecule has 372 valence electrons. The van der Waals surface area contributed by atoms with E-state index < -0.39 is 108 Å². The van der Waals surface area contributed by atoms with Crippen LogP contribution in [0.1, 0.15) is 92.9 Å². The van der Waals surface area contributed by atoms with Crippen molar-refractivity contribution in [1.29, 1.82) is 0 Å². The van der Waals surface area contributed by atoms with E-state index in [1.165, 1.54) is 39.2 Å². The normalized spacial score (nSPS) is 41.0. The maximum atomic E-state index is 14.7. The summed E-state index contributed by atoms with van der Waals surface area (Å²) >= 11 is 1.43. The number of nitrogens with one attached hydrogen (secondary N) is 1. The van der Waals surface area contributed by atoms with Gasteiger partial charge in [0.25, 0.3) is 0 Å². The fourth-order valence-electron chi connectivity index (χ4n) is 9.95. The smallest absolute Gasteiger partial charge is 0.311 e. The minimum atomic E-state index is -2.22.